The molecule has 2 heterocycles. The monoisotopic (exact) mass is 269 g/mol. The molecular formula is C14H15N5O. The third-order valence-electron chi connectivity index (χ3n) is 3.18. The largest absolute Gasteiger partial charge is 0.379 e. The van der Waals surface area contributed by atoms with Crippen LogP contribution in [-0.2, 0) is 13.6 Å². The van der Waals surface area contributed by atoms with Crippen molar-refractivity contribution < 1.29 is 0 Å². The number of aryl methyl sites for hydroxylation is 1. The second kappa shape index (κ2) is 5.08. The van der Waals surface area contributed by atoms with E-state index in [9.17, 15) is 4.79 Å². The average Bonchev–Trinajstić information content (AvgIpc) is 3.06. The van der Waals surface area contributed by atoms with Gasteiger partial charge in [0.05, 0.1) is 24.3 Å². The molecule has 0 amide bonds. The number of imidazole rings is 2. The Morgan fingerprint density at radius 3 is 2.70 bits per heavy atom. The van der Waals surface area contributed by atoms with E-state index in [1.807, 2.05) is 42.1 Å². The molecule has 1 aromatic carbocycles. The van der Waals surface area contributed by atoms with Crippen LogP contribution >= 0.6 is 0 Å². The van der Waals surface area contributed by atoms with Crippen LogP contribution in [0.15, 0.2) is 54.0 Å². The molecule has 3 aromatic rings. The lowest BCUT2D eigenvalue weighted by Gasteiger charge is -2.08. The minimum absolute atomic E-state index is 0.138. The van der Waals surface area contributed by atoms with Crippen molar-refractivity contribution in [2.24, 2.45) is 7.05 Å². The van der Waals surface area contributed by atoms with E-state index >= 15 is 0 Å². The summed E-state index contributed by atoms with van der Waals surface area (Å²) < 4.78 is 3.53. The number of hydrogen-bond donors (Lipinski definition) is 2. The highest BCUT2D eigenvalue weighted by Crippen LogP contribution is 2.13. The van der Waals surface area contributed by atoms with Crippen LogP contribution < -0.4 is 11.0 Å². The van der Waals surface area contributed by atoms with Gasteiger partial charge in [0.1, 0.15) is 0 Å². The van der Waals surface area contributed by atoms with E-state index < -0.39 is 0 Å². The minimum atomic E-state index is -0.138. The Balaban J connectivity index is 1.72. The average molecular weight is 269 g/mol. The van der Waals surface area contributed by atoms with Crippen LogP contribution in [0.3, 0.4) is 0 Å². The van der Waals surface area contributed by atoms with Crippen LogP contribution in [0.2, 0.25) is 0 Å². The summed E-state index contributed by atoms with van der Waals surface area (Å²) in [5.41, 5.74) is 2.80. The van der Waals surface area contributed by atoms with E-state index in [4.69, 9.17) is 0 Å². The Morgan fingerprint density at radius 2 is 2.10 bits per heavy atom. The van der Waals surface area contributed by atoms with Crippen molar-refractivity contribution in [1.82, 2.24) is 19.1 Å². The van der Waals surface area contributed by atoms with Gasteiger partial charge in [-0.05, 0) is 24.3 Å². The summed E-state index contributed by atoms with van der Waals surface area (Å²) in [5.74, 6) is 0. The fourth-order valence-corrected chi connectivity index (χ4v) is 2.01. The maximum absolute atomic E-state index is 11.5. The van der Waals surface area contributed by atoms with Gasteiger partial charge in [-0.25, -0.2) is 9.78 Å². The normalized spacial score (nSPS) is 10.7. The summed E-state index contributed by atoms with van der Waals surface area (Å²) in [4.78, 5) is 18.2. The number of H-pyrrole nitrogens is 1. The lowest BCUT2D eigenvalue weighted by molar-refractivity contribution is 0.837. The molecule has 0 aliphatic carbocycles. The molecular weight excluding hydrogens is 254 g/mol. The maximum atomic E-state index is 11.5. The minimum Gasteiger partial charge on any atom is -0.379 e. The lowest BCUT2D eigenvalue weighted by Crippen LogP contribution is -2.13. The first-order valence-corrected chi connectivity index (χ1v) is 6.29. The number of nitrogens with one attached hydrogen (secondary N) is 2. The zero-order valence-corrected chi connectivity index (χ0v) is 11.1. The van der Waals surface area contributed by atoms with Gasteiger partial charge in [0.2, 0.25) is 0 Å². The van der Waals surface area contributed by atoms with E-state index in [0.29, 0.717) is 6.54 Å². The summed E-state index contributed by atoms with van der Waals surface area (Å²) in [7, 11) is 1.96. The number of anilines is 1. The number of aromatic nitrogens is 4. The summed E-state index contributed by atoms with van der Waals surface area (Å²) in [6.07, 6.45) is 6.94. The van der Waals surface area contributed by atoms with Gasteiger partial charge in [0, 0.05) is 31.3 Å². The molecule has 2 aromatic heterocycles. The second-order valence-electron chi connectivity index (χ2n) is 4.53. The Labute approximate surface area is 115 Å². The van der Waals surface area contributed by atoms with Crippen molar-refractivity contribution in [3.05, 3.63) is 65.4 Å². The Bertz CT molecular complexity index is 750. The number of aromatic amines is 1. The van der Waals surface area contributed by atoms with Crippen LogP contribution in [0.1, 0.15) is 5.69 Å². The van der Waals surface area contributed by atoms with Crippen molar-refractivity contribution >= 4 is 5.69 Å². The van der Waals surface area contributed by atoms with Gasteiger partial charge in [-0.1, -0.05) is 0 Å². The highest BCUT2D eigenvalue weighted by atomic mass is 16.1. The molecule has 0 aliphatic rings. The van der Waals surface area contributed by atoms with E-state index in [2.05, 4.69) is 15.3 Å². The first-order valence-electron chi connectivity index (χ1n) is 6.29. The van der Waals surface area contributed by atoms with E-state index in [1.54, 1.807) is 23.3 Å². The van der Waals surface area contributed by atoms with Crippen LogP contribution in [-0.4, -0.2) is 19.1 Å². The SMILES string of the molecule is Cn1cncc1CNc1ccc(-n2cc[nH]c2=O)cc1. The van der Waals surface area contributed by atoms with Gasteiger partial charge in [0.15, 0.2) is 0 Å². The highest BCUT2D eigenvalue weighted by molar-refractivity contribution is 5.48. The quantitative estimate of drug-likeness (QED) is 0.754. The third kappa shape index (κ3) is 2.35. The molecule has 2 N–H and O–H groups in total. The van der Waals surface area contributed by atoms with Crippen molar-refractivity contribution in [1.29, 1.82) is 0 Å². The first-order chi connectivity index (χ1) is 9.74. The molecule has 3 rings (SSSR count). The molecule has 6 heteroatoms. The maximum Gasteiger partial charge on any atom is 0.330 e. The third-order valence-corrected chi connectivity index (χ3v) is 3.18. The lowest BCUT2D eigenvalue weighted by atomic mass is 10.2. The highest BCUT2D eigenvalue weighted by Gasteiger charge is 2.01. The molecule has 20 heavy (non-hydrogen) atoms. The summed E-state index contributed by atoms with van der Waals surface area (Å²) in [6.45, 7) is 0.708. The molecule has 0 unspecified atom stereocenters. The molecule has 0 fully saturated rings. The number of nitrogens with zero attached hydrogens (tertiary/aromatic N) is 3. The second-order valence-corrected chi connectivity index (χ2v) is 4.53. The molecule has 102 valence electrons. The van der Waals surface area contributed by atoms with Gasteiger partial charge in [-0.3, -0.25) is 4.57 Å². The standard InChI is InChI=1S/C14H15N5O/c1-18-10-15-8-13(18)9-17-11-2-4-12(5-3-11)19-7-6-16-14(19)20/h2-8,10,17H,9H2,1H3,(H,16,20). The van der Waals surface area contributed by atoms with Gasteiger partial charge in [-0.15, -0.1) is 0 Å². The Morgan fingerprint density at radius 1 is 1.30 bits per heavy atom. The predicted molar refractivity (Wildman–Crippen MR) is 76.9 cm³/mol. The zero-order valence-electron chi connectivity index (χ0n) is 11.1. The fourth-order valence-electron chi connectivity index (χ4n) is 2.01. The van der Waals surface area contributed by atoms with E-state index in [-0.39, 0.29) is 5.69 Å². The zero-order chi connectivity index (χ0) is 13.9. The number of hydrogen-bond acceptors (Lipinski definition) is 3. The van der Waals surface area contributed by atoms with Crippen LogP contribution in [0.5, 0.6) is 0 Å². The van der Waals surface area contributed by atoms with Crippen LogP contribution in [0, 0.1) is 0 Å². The molecule has 6 nitrogen and oxygen atoms in total. The molecule has 0 aliphatic heterocycles. The van der Waals surface area contributed by atoms with Crippen LogP contribution in [0.4, 0.5) is 5.69 Å². The molecule has 0 radical (unpaired) electrons. The molecule has 0 bridgehead atoms. The Hall–Kier alpha value is -2.76. The fraction of sp³-hybridized carbons (Fsp3) is 0.143. The van der Waals surface area contributed by atoms with Crippen molar-refractivity contribution in [2.45, 2.75) is 6.54 Å². The smallest absolute Gasteiger partial charge is 0.330 e. The van der Waals surface area contributed by atoms with Crippen molar-refractivity contribution in [2.75, 3.05) is 5.32 Å². The van der Waals surface area contributed by atoms with Crippen LogP contribution in [0.25, 0.3) is 5.69 Å². The first kappa shape index (κ1) is 12.3. The van der Waals surface area contributed by atoms with E-state index in [1.165, 1.54) is 0 Å². The van der Waals surface area contributed by atoms with Gasteiger partial charge >= 0.3 is 5.69 Å². The van der Waals surface area contributed by atoms with Gasteiger partial charge < -0.3 is 14.9 Å². The summed E-state index contributed by atoms with van der Waals surface area (Å²) in [5, 5.41) is 3.32. The van der Waals surface area contributed by atoms with Gasteiger partial charge in [0.25, 0.3) is 0 Å². The number of rotatable bonds is 4. The van der Waals surface area contributed by atoms with Gasteiger partial charge in [-0.2, -0.15) is 0 Å². The van der Waals surface area contributed by atoms with Crippen molar-refractivity contribution in [3.63, 3.8) is 0 Å². The molecule has 0 saturated carbocycles. The molecule has 0 spiro atoms. The van der Waals surface area contributed by atoms with Crippen molar-refractivity contribution in [3.8, 4) is 5.69 Å². The summed E-state index contributed by atoms with van der Waals surface area (Å²) >= 11 is 0. The topological polar surface area (TPSA) is 67.6 Å². The predicted octanol–water partition coefficient (Wildman–Crippen LogP) is 1.51. The Kier molecular flexibility index (Phi) is 3.12. The number of benzene rings is 1. The molecule has 0 atom stereocenters. The van der Waals surface area contributed by atoms with E-state index in [0.717, 1.165) is 17.1 Å². The summed E-state index contributed by atoms with van der Waals surface area (Å²) in [6, 6.07) is 7.71. The molecule has 0 saturated heterocycles.